The van der Waals surface area contributed by atoms with Crippen molar-refractivity contribution in [2.45, 2.75) is 6.42 Å². The van der Waals surface area contributed by atoms with Crippen molar-refractivity contribution < 1.29 is 9.59 Å². The lowest BCUT2D eigenvalue weighted by Crippen LogP contribution is -2.26. The molecule has 1 aromatic carbocycles. The number of nitrogens with one attached hydrogen (secondary N) is 2. The van der Waals surface area contributed by atoms with Gasteiger partial charge >= 0.3 is 0 Å². The van der Waals surface area contributed by atoms with Gasteiger partial charge in [-0.15, -0.1) is 0 Å². The molecule has 2 aromatic rings. The molecule has 0 saturated heterocycles. The largest absolute Gasteiger partial charge is 0.352 e. The molecule has 0 aliphatic carbocycles. The molecule has 0 atom stereocenters. The third-order valence-corrected chi connectivity index (χ3v) is 2.82. The van der Waals surface area contributed by atoms with E-state index < -0.39 is 0 Å². The van der Waals surface area contributed by atoms with Gasteiger partial charge in [-0.3, -0.25) is 14.6 Å². The second-order valence-corrected chi connectivity index (χ2v) is 4.57. The SMILES string of the molecule is O=C(/C=C\c1cccnc1)NCCC(=O)Nc1ccccc1. The van der Waals surface area contributed by atoms with E-state index in [2.05, 4.69) is 15.6 Å². The number of benzene rings is 1. The molecule has 1 aromatic heterocycles. The monoisotopic (exact) mass is 295 g/mol. The van der Waals surface area contributed by atoms with Crippen molar-refractivity contribution in [3.05, 3.63) is 66.5 Å². The zero-order chi connectivity index (χ0) is 15.6. The number of hydrogen-bond donors (Lipinski definition) is 2. The minimum atomic E-state index is -0.239. The number of nitrogens with zero attached hydrogens (tertiary/aromatic N) is 1. The van der Waals surface area contributed by atoms with Gasteiger partial charge in [0.05, 0.1) is 0 Å². The molecule has 0 aliphatic heterocycles. The van der Waals surface area contributed by atoms with Crippen LogP contribution in [-0.4, -0.2) is 23.3 Å². The quantitative estimate of drug-likeness (QED) is 0.803. The van der Waals surface area contributed by atoms with E-state index in [-0.39, 0.29) is 24.8 Å². The molecule has 0 aliphatic rings. The summed E-state index contributed by atoms with van der Waals surface area (Å²) in [6.07, 6.45) is 6.65. The topological polar surface area (TPSA) is 71.1 Å². The van der Waals surface area contributed by atoms with E-state index in [0.717, 1.165) is 11.3 Å². The maximum absolute atomic E-state index is 11.7. The lowest BCUT2D eigenvalue weighted by molar-refractivity contribution is -0.117. The Balaban J connectivity index is 1.68. The maximum Gasteiger partial charge on any atom is 0.244 e. The van der Waals surface area contributed by atoms with Gasteiger partial charge in [0.15, 0.2) is 0 Å². The van der Waals surface area contributed by atoms with Crippen LogP contribution in [0.25, 0.3) is 6.08 Å². The number of carbonyl (C=O) groups excluding carboxylic acids is 2. The molecule has 0 spiro atoms. The van der Waals surface area contributed by atoms with E-state index in [4.69, 9.17) is 0 Å². The van der Waals surface area contributed by atoms with Gasteiger partial charge in [0, 0.05) is 37.1 Å². The number of anilines is 1. The van der Waals surface area contributed by atoms with Crippen LogP contribution in [0, 0.1) is 0 Å². The molecule has 5 heteroatoms. The van der Waals surface area contributed by atoms with Crippen LogP contribution in [0.5, 0.6) is 0 Å². The molecule has 1 heterocycles. The second kappa shape index (κ2) is 8.36. The predicted molar refractivity (Wildman–Crippen MR) is 86.0 cm³/mol. The van der Waals surface area contributed by atoms with Crippen LogP contribution in [0.15, 0.2) is 60.9 Å². The van der Waals surface area contributed by atoms with Crippen LogP contribution in [0.1, 0.15) is 12.0 Å². The molecule has 22 heavy (non-hydrogen) atoms. The highest BCUT2D eigenvalue weighted by Crippen LogP contribution is 2.05. The van der Waals surface area contributed by atoms with Crippen LogP contribution >= 0.6 is 0 Å². The van der Waals surface area contributed by atoms with E-state index in [9.17, 15) is 9.59 Å². The number of carbonyl (C=O) groups is 2. The maximum atomic E-state index is 11.7. The average molecular weight is 295 g/mol. The van der Waals surface area contributed by atoms with E-state index >= 15 is 0 Å². The van der Waals surface area contributed by atoms with Crippen molar-refractivity contribution in [3.8, 4) is 0 Å². The van der Waals surface area contributed by atoms with Crippen molar-refractivity contribution in [2.24, 2.45) is 0 Å². The Bertz CT molecular complexity index is 639. The third kappa shape index (κ3) is 5.58. The molecule has 0 bridgehead atoms. The van der Waals surface area contributed by atoms with Gasteiger partial charge in [-0.1, -0.05) is 24.3 Å². The summed E-state index contributed by atoms with van der Waals surface area (Å²) in [5, 5.41) is 5.42. The van der Waals surface area contributed by atoms with E-state index in [0.29, 0.717) is 0 Å². The van der Waals surface area contributed by atoms with Crippen molar-refractivity contribution in [2.75, 3.05) is 11.9 Å². The zero-order valence-corrected chi connectivity index (χ0v) is 12.0. The van der Waals surface area contributed by atoms with Gasteiger partial charge < -0.3 is 10.6 Å². The number of pyridine rings is 1. The number of aromatic nitrogens is 1. The Kier molecular flexibility index (Phi) is 5.87. The highest BCUT2D eigenvalue weighted by molar-refractivity contribution is 5.93. The highest BCUT2D eigenvalue weighted by atomic mass is 16.2. The fourth-order valence-corrected chi connectivity index (χ4v) is 1.75. The summed E-state index contributed by atoms with van der Waals surface area (Å²) in [7, 11) is 0. The molecule has 5 nitrogen and oxygen atoms in total. The van der Waals surface area contributed by atoms with Crippen LogP contribution < -0.4 is 10.6 Å². The fourth-order valence-electron chi connectivity index (χ4n) is 1.75. The second-order valence-electron chi connectivity index (χ2n) is 4.57. The van der Waals surface area contributed by atoms with Crippen LogP contribution in [0.3, 0.4) is 0 Å². The summed E-state index contributed by atoms with van der Waals surface area (Å²) < 4.78 is 0. The zero-order valence-electron chi connectivity index (χ0n) is 12.0. The summed E-state index contributed by atoms with van der Waals surface area (Å²) in [6.45, 7) is 0.287. The molecule has 112 valence electrons. The predicted octanol–water partition coefficient (Wildman–Crippen LogP) is 2.24. The van der Waals surface area contributed by atoms with Crippen molar-refractivity contribution >= 4 is 23.6 Å². The van der Waals surface area contributed by atoms with Crippen LogP contribution in [0.4, 0.5) is 5.69 Å². The summed E-state index contributed by atoms with van der Waals surface area (Å²) >= 11 is 0. The van der Waals surface area contributed by atoms with Crippen molar-refractivity contribution in [3.63, 3.8) is 0 Å². The number of amides is 2. The highest BCUT2D eigenvalue weighted by Gasteiger charge is 2.02. The first-order valence-electron chi connectivity index (χ1n) is 6.95. The lowest BCUT2D eigenvalue weighted by atomic mass is 10.2. The smallest absolute Gasteiger partial charge is 0.244 e. The molecule has 2 rings (SSSR count). The number of hydrogen-bond acceptors (Lipinski definition) is 3. The first-order chi connectivity index (χ1) is 10.7. The Morgan fingerprint density at radius 2 is 1.91 bits per heavy atom. The Morgan fingerprint density at radius 3 is 2.64 bits per heavy atom. The molecule has 0 radical (unpaired) electrons. The normalized spacial score (nSPS) is 10.4. The fraction of sp³-hybridized carbons (Fsp3) is 0.118. The van der Waals surface area contributed by atoms with Crippen LogP contribution in [0.2, 0.25) is 0 Å². The molecule has 0 fully saturated rings. The van der Waals surface area contributed by atoms with E-state index in [1.54, 1.807) is 24.5 Å². The van der Waals surface area contributed by atoms with Gasteiger partial charge in [0.25, 0.3) is 0 Å². The molecular formula is C17H17N3O2. The van der Waals surface area contributed by atoms with Gasteiger partial charge in [0.1, 0.15) is 0 Å². The molecule has 0 saturated carbocycles. The molecule has 2 amide bonds. The number of rotatable bonds is 6. The summed E-state index contributed by atoms with van der Waals surface area (Å²) in [6, 6.07) is 12.8. The molecular weight excluding hydrogens is 278 g/mol. The standard InChI is InChI=1S/C17H17N3O2/c21-16(9-8-14-5-4-11-18-13-14)19-12-10-17(22)20-15-6-2-1-3-7-15/h1-9,11,13H,10,12H2,(H,19,21)(H,20,22)/b9-8-. The summed E-state index contributed by atoms with van der Waals surface area (Å²) in [5.74, 6) is -0.376. The summed E-state index contributed by atoms with van der Waals surface area (Å²) in [5.41, 5.74) is 1.59. The van der Waals surface area contributed by atoms with Crippen molar-refractivity contribution in [1.82, 2.24) is 10.3 Å². The Morgan fingerprint density at radius 1 is 1.09 bits per heavy atom. The summed E-state index contributed by atoms with van der Waals surface area (Å²) in [4.78, 5) is 27.2. The van der Waals surface area contributed by atoms with Crippen molar-refractivity contribution in [1.29, 1.82) is 0 Å². The van der Waals surface area contributed by atoms with E-state index in [1.807, 2.05) is 36.4 Å². The first-order valence-corrected chi connectivity index (χ1v) is 6.95. The van der Waals surface area contributed by atoms with Crippen LogP contribution in [-0.2, 0) is 9.59 Å². The number of para-hydroxylation sites is 1. The molecule has 2 N–H and O–H groups in total. The minimum Gasteiger partial charge on any atom is -0.352 e. The third-order valence-electron chi connectivity index (χ3n) is 2.82. The van der Waals surface area contributed by atoms with Gasteiger partial charge in [-0.05, 0) is 29.8 Å². The Hall–Kier alpha value is -2.95. The Labute approximate surface area is 129 Å². The molecule has 0 unspecified atom stereocenters. The van der Waals surface area contributed by atoms with Gasteiger partial charge in [-0.25, -0.2) is 0 Å². The van der Waals surface area contributed by atoms with Gasteiger partial charge in [0.2, 0.25) is 11.8 Å². The minimum absolute atomic E-state index is 0.136. The lowest BCUT2D eigenvalue weighted by Gasteiger charge is -2.05. The van der Waals surface area contributed by atoms with E-state index in [1.165, 1.54) is 6.08 Å². The average Bonchev–Trinajstić information content (AvgIpc) is 2.55. The first kappa shape index (κ1) is 15.4. The van der Waals surface area contributed by atoms with Gasteiger partial charge in [-0.2, -0.15) is 0 Å².